The predicted octanol–water partition coefficient (Wildman–Crippen LogP) is 10.4. The molecular weight excluding hydrogens is 587 g/mol. The molecule has 5 nitrogen and oxygen atoms in total. The van der Waals surface area contributed by atoms with Gasteiger partial charge in [-0.3, -0.25) is 4.98 Å². The van der Waals surface area contributed by atoms with Crippen molar-refractivity contribution in [3.63, 3.8) is 0 Å². The van der Waals surface area contributed by atoms with Crippen molar-refractivity contribution < 1.29 is 0 Å². The number of aromatic nitrogens is 3. The molecule has 0 atom stereocenters. The SMILES string of the molecule is N#Cc1ccc2c3ccccc3n(-c3cnccc3-c3ccccc3-c3ccc(-n4c5ccccc5c5ccccc54)c(C#N)c3)c2c1. The number of para-hydroxylation sites is 3. The second kappa shape index (κ2) is 10.8. The quantitative estimate of drug-likeness (QED) is 0.199. The van der Waals surface area contributed by atoms with Crippen molar-refractivity contribution in [2.45, 2.75) is 0 Å². The third-order valence-corrected chi connectivity index (χ3v) is 9.31. The van der Waals surface area contributed by atoms with Crippen LogP contribution in [0, 0.1) is 22.7 Å². The summed E-state index contributed by atoms with van der Waals surface area (Å²) in [5.41, 5.74) is 11.0. The summed E-state index contributed by atoms with van der Waals surface area (Å²) in [5.74, 6) is 0. The summed E-state index contributed by atoms with van der Waals surface area (Å²) < 4.78 is 4.40. The van der Waals surface area contributed by atoms with Crippen LogP contribution in [0.3, 0.4) is 0 Å². The lowest BCUT2D eigenvalue weighted by molar-refractivity contribution is 1.14. The van der Waals surface area contributed by atoms with Gasteiger partial charge >= 0.3 is 0 Å². The van der Waals surface area contributed by atoms with Crippen molar-refractivity contribution in [2.75, 3.05) is 0 Å². The van der Waals surface area contributed by atoms with Gasteiger partial charge in [-0.05, 0) is 65.2 Å². The van der Waals surface area contributed by atoms with Crippen LogP contribution in [0.1, 0.15) is 11.1 Å². The lowest BCUT2D eigenvalue weighted by atomic mass is 9.93. The van der Waals surface area contributed by atoms with E-state index in [4.69, 9.17) is 0 Å². The number of rotatable bonds is 4. The van der Waals surface area contributed by atoms with Crippen molar-refractivity contribution in [3.8, 4) is 45.8 Å². The van der Waals surface area contributed by atoms with E-state index >= 15 is 0 Å². The fourth-order valence-corrected chi connectivity index (χ4v) is 7.23. The Hall–Kier alpha value is -6.95. The van der Waals surface area contributed by atoms with E-state index in [-0.39, 0.29) is 0 Å². The fourth-order valence-electron chi connectivity index (χ4n) is 7.23. The summed E-state index contributed by atoms with van der Waals surface area (Å²) in [4.78, 5) is 4.57. The lowest BCUT2D eigenvalue weighted by Crippen LogP contribution is -2.00. The zero-order valence-electron chi connectivity index (χ0n) is 25.7. The number of benzene rings is 6. The standard InChI is InChI=1S/C43H25N5/c44-25-28-17-19-36-35-13-5-8-16-41(35)48(42(36)23-28)43-27-46-22-21-37(43)32-10-2-1-9-31(32)29-18-20-38(30(24-29)26-45)47-39-14-6-3-11-33(39)34-12-4-7-15-40(34)47/h1-24,27H. The second-order valence-corrected chi connectivity index (χ2v) is 11.8. The number of fused-ring (bicyclic) bond motifs is 6. The summed E-state index contributed by atoms with van der Waals surface area (Å²) in [6.45, 7) is 0. The Labute approximate surface area is 276 Å². The van der Waals surface area contributed by atoms with Crippen LogP contribution in [0.25, 0.3) is 77.2 Å². The fraction of sp³-hybridized carbons (Fsp3) is 0. The van der Waals surface area contributed by atoms with Crippen molar-refractivity contribution >= 4 is 43.6 Å². The summed E-state index contributed by atoms with van der Waals surface area (Å²) in [7, 11) is 0. The molecule has 0 aliphatic heterocycles. The lowest BCUT2D eigenvalue weighted by Gasteiger charge is -2.17. The summed E-state index contributed by atoms with van der Waals surface area (Å²) in [5, 5.41) is 24.8. The minimum absolute atomic E-state index is 0.593. The van der Waals surface area contributed by atoms with Gasteiger partial charge in [-0.1, -0.05) is 91.0 Å². The van der Waals surface area contributed by atoms with Crippen molar-refractivity contribution in [1.82, 2.24) is 14.1 Å². The Balaban J connectivity index is 1.25. The van der Waals surface area contributed by atoms with Gasteiger partial charge in [0.15, 0.2) is 0 Å². The van der Waals surface area contributed by atoms with Crippen molar-refractivity contribution in [1.29, 1.82) is 10.5 Å². The molecule has 222 valence electrons. The molecule has 3 aromatic heterocycles. The molecule has 0 spiro atoms. The summed E-state index contributed by atoms with van der Waals surface area (Å²) in [6, 6.07) is 52.2. The molecule has 3 heterocycles. The molecule has 0 aliphatic rings. The van der Waals surface area contributed by atoms with Crippen LogP contribution in [0.2, 0.25) is 0 Å². The first-order chi connectivity index (χ1) is 23.7. The monoisotopic (exact) mass is 611 g/mol. The largest absolute Gasteiger partial charge is 0.308 e. The van der Waals surface area contributed by atoms with Gasteiger partial charge in [-0.2, -0.15) is 10.5 Å². The van der Waals surface area contributed by atoms with E-state index in [0.717, 1.165) is 77.2 Å². The Kier molecular flexibility index (Phi) is 6.18. The zero-order chi connectivity index (χ0) is 32.2. The van der Waals surface area contributed by atoms with Gasteiger partial charge in [-0.25, -0.2) is 0 Å². The van der Waals surface area contributed by atoms with Crippen molar-refractivity contribution in [2.24, 2.45) is 0 Å². The van der Waals surface area contributed by atoms with Gasteiger partial charge in [0.1, 0.15) is 6.07 Å². The molecule has 0 saturated carbocycles. The number of hydrogen-bond donors (Lipinski definition) is 0. The van der Waals surface area contributed by atoms with E-state index in [1.54, 1.807) is 0 Å². The van der Waals surface area contributed by atoms with Crippen LogP contribution < -0.4 is 0 Å². The van der Waals surface area contributed by atoms with E-state index < -0.39 is 0 Å². The van der Waals surface area contributed by atoms with Crippen LogP contribution in [-0.4, -0.2) is 14.1 Å². The van der Waals surface area contributed by atoms with E-state index in [1.807, 2.05) is 79.1 Å². The maximum Gasteiger partial charge on any atom is 0.101 e. The molecule has 9 rings (SSSR count). The minimum atomic E-state index is 0.593. The smallest absolute Gasteiger partial charge is 0.101 e. The molecule has 0 unspecified atom stereocenters. The first kappa shape index (κ1) is 27.4. The van der Waals surface area contributed by atoms with E-state index in [2.05, 4.69) is 99.1 Å². The highest BCUT2D eigenvalue weighted by Crippen LogP contribution is 2.40. The topological polar surface area (TPSA) is 70.3 Å². The highest BCUT2D eigenvalue weighted by molar-refractivity contribution is 6.11. The number of nitrogens with zero attached hydrogens (tertiary/aromatic N) is 5. The van der Waals surface area contributed by atoms with Gasteiger partial charge < -0.3 is 9.13 Å². The average molecular weight is 612 g/mol. The molecule has 9 aromatic rings. The maximum atomic E-state index is 10.5. The van der Waals surface area contributed by atoms with Gasteiger partial charge in [0.25, 0.3) is 0 Å². The maximum absolute atomic E-state index is 10.5. The molecule has 0 amide bonds. The number of pyridine rings is 1. The van der Waals surface area contributed by atoms with Gasteiger partial charge in [-0.15, -0.1) is 0 Å². The summed E-state index contributed by atoms with van der Waals surface area (Å²) >= 11 is 0. The highest BCUT2D eigenvalue weighted by Gasteiger charge is 2.20. The van der Waals surface area contributed by atoms with Crippen LogP contribution in [0.15, 0.2) is 152 Å². The third-order valence-electron chi connectivity index (χ3n) is 9.31. The molecule has 0 bridgehead atoms. The predicted molar refractivity (Wildman–Crippen MR) is 193 cm³/mol. The van der Waals surface area contributed by atoms with E-state index in [0.29, 0.717) is 11.1 Å². The summed E-state index contributed by atoms with van der Waals surface area (Å²) in [6.07, 6.45) is 3.71. The van der Waals surface area contributed by atoms with Crippen LogP contribution in [-0.2, 0) is 0 Å². The Morgan fingerprint density at radius 1 is 0.458 bits per heavy atom. The molecule has 0 saturated heterocycles. The Bertz CT molecular complexity index is 2770. The molecule has 48 heavy (non-hydrogen) atoms. The van der Waals surface area contributed by atoms with Crippen LogP contribution in [0.5, 0.6) is 0 Å². The zero-order valence-corrected chi connectivity index (χ0v) is 25.7. The van der Waals surface area contributed by atoms with Crippen LogP contribution >= 0.6 is 0 Å². The van der Waals surface area contributed by atoms with Gasteiger partial charge in [0, 0.05) is 33.3 Å². The Morgan fingerprint density at radius 2 is 1.04 bits per heavy atom. The molecule has 0 aliphatic carbocycles. The molecule has 5 heteroatoms. The van der Waals surface area contributed by atoms with Crippen LogP contribution in [0.4, 0.5) is 0 Å². The van der Waals surface area contributed by atoms with Gasteiger partial charge in [0.05, 0.1) is 56.8 Å². The Morgan fingerprint density at radius 3 is 1.69 bits per heavy atom. The molecule has 0 fully saturated rings. The second-order valence-electron chi connectivity index (χ2n) is 11.8. The molecule has 6 aromatic carbocycles. The number of hydrogen-bond acceptors (Lipinski definition) is 3. The first-order valence-corrected chi connectivity index (χ1v) is 15.8. The molecule has 0 radical (unpaired) electrons. The normalized spacial score (nSPS) is 11.3. The number of nitriles is 2. The molecule has 0 N–H and O–H groups in total. The van der Waals surface area contributed by atoms with Crippen molar-refractivity contribution in [3.05, 3.63) is 163 Å². The highest BCUT2D eigenvalue weighted by atomic mass is 15.0. The third kappa shape index (κ3) is 4.06. The van der Waals surface area contributed by atoms with E-state index in [9.17, 15) is 10.5 Å². The minimum Gasteiger partial charge on any atom is -0.308 e. The first-order valence-electron chi connectivity index (χ1n) is 15.8. The molecular formula is C43H25N5. The average Bonchev–Trinajstić information content (AvgIpc) is 3.67. The van der Waals surface area contributed by atoms with E-state index in [1.165, 1.54) is 0 Å². The van der Waals surface area contributed by atoms with Gasteiger partial charge in [0.2, 0.25) is 0 Å².